The van der Waals surface area contributed by atoms with Crippen LogP contribution in [0.25, 0.3) is 0 Å². The summed E-state index contributed by atoms with van der Waals surface area (Å²) < 4.78 is 74.0. The minimum Gasteiger partial charge on any atom is -0.409 e. The highest BCUT2D eigenvalue weighted by Crippen LogP contribution is 2.39. The van der Waals surface area contributed by atoms with Gasteiger partial charge in [-0.05, 0) is 0 Å². The molecule has 1 rings (SSSR count). The van der Waals surface area contributed by atoms with Gasteiger partial charge in [0.15, 0.2) is 5.84 Å². The number of aromatic amines is 1. The number of carbonyl (C=O) groups excluding carboxylic acids is 1. The van der Waals surface area contributed by atoms with Crippen molar-refractivity contribution in [2.24, 2.45) is 16.8 Å². The maximum atomic E-state index is 12.3. The number of alkyl halides is 6. The number of nitrogens with two attached hydrogens (primary N) is 1. The lowest BCUT2D eigenvalue weighted by atomic mass is 10.1. The van der Waals surface area contributed by atoms with E-state index in [1.54, 1.807) is 0 Å². The molecule has 7 nitrogen and oxygen atoms in total. The SMILES string of the molecule is NC(=NO)c1cn[nH]c1NC(=O)C(C(F)(F)F)C(F)(F)F. The molecule has 0 atom stereocenters. The van der Waals surface area contributed by atoms with Crippen LogP contribution >= 0.6 is 0 Å². The third-order valence-corrected chi connectivity index (χ3v) is 2.19. The van der Waals surface area contributed by atoms with Gasteiger partial charge in [0.05, 0.1) is 11.8 Å². The van der Waals surface area contributed by atoms with Crippen LogP contribution in [0.4, 0.5) is 32.2 Å². The van der Waals surface area contributed by atoms with Crippen molar-refractivity contribution < 1.29 is 36.3 Å². The number of aromatic nitrogens is 2. The van der Waals surface area contributed by atoms with Crippen molar-refractivity contribution >= 4 is 17.6 Å². The molecule has 0 aliphatic carbocycles. The van der Waals surface area contributed by atoms with Gasteiger partial charge in [-0.1, -0.05) is 5.16 Å². The molecule has 1 amide bonds. The molecule has 21 heavy (non-hydrogen) atoms. The molecule has 13 heteroatoms. The number of oxime groups is 1. The number of nitrogens with zero attached hydrogens (tertiary/aromatic N) is 2. The Labute approximate surface area is 111 Å². The first-order valence-electron chi connectivity index (χ1n) is 4.94. The van der Waals surface area contributed by atoms with Crippen molar-refractivity contribution in [3.8, 4) is 0 Å². The zero-order valence-corrected chi connectivity index (χ0v) is 9.75. The third-order valence-electron chi connectivity index (χ3n) is 2.19. The van der Waals surface area contributed by atoms with E-state index in [2.05, 4.69) is 10.3 Å². The summed E-state index contributed by atoms with van der Waals surface area (Å²) in [6.45, 7) is 0. The van der Waals surface area contributed by atoms with E-state index >= 15 is 0 Å². The summed E-state index contributed by atoms with van der Waals surface area (Å²) in [4.78, 5) is 11.2. The van der Waals surface area contributed by atoms with E-state index in [1.807, 2.05) is 5.10 Å². The van der Waals surface area contributed by atoms with Crippen molar-refractivity contribution in [2.75, 3.05) is 5.32 Å². The van der Waals surface area contributed by atoms with Gasteiger partial charge in [-0.2, -0.15) is 31.4 Å². The zero-order valence-electron chi connectivity index (χ0n) is 9.75. The molecule has 0 radical (unpaired) electrons. The Balaban J connectivity index is 3.07. The average Bonchev–Trinajstić information content (AvgIpc) is 2.71. The summed E-state index contributed by atoms with van der Waals surface area (Å²) in [6, 6.07) is 0. The number of amidine groups is 1. The first-order chi connectivity index (χ1) is 9.48. The Morgan fingerprint density at radius 3 is 2.29 bits per heavy atom. The van der Waals surface area contributed by atoms with Crippen LogP contribution in [0.3, 0.4) is 0 Å². The normalized spacial score (nSPS) is 13.6. The van der Waals surface area contributed by atoms with Crippen LogP contribution < -0.4 is 11.1 Å². The van der Waals surface area contributed by atoms with Crippen LogP contribution in [0.2, 0.25) is 0 Å². The molecule has 0 aliphatic heterocycles. The van der Waals surface area contributed by atoms with Crippen molar-refractivity contribution in [1.29, 1.82) is 0 Å². The molecule has 0 unspecified atom stereocenters. The van der Waals surface area contributed by atoms with Gasteiger partial charge in [0.2, 0.25) is 11.8 Å². The molecule has 5 N–H and O–H groups in total. The number of anilines is 1. The highest BCUT2D eigenvalue weighted by molar-refractivity contribution is 6.04. The number of carbonyl (C=O) groups is 1. The monoisotopic (exact) mass is 319 g/mol. The Hall–Kier alpha value is -2.47. The van der Waals surface area contributed by atoms with Gasteiger partial charge < -0.3 is 16.3 Å². The lowest BCUT2D eigenvalue weighted by Gasteiger charge is -2.21. The third kappa shape index (κ3) is 3.76. The molecule has 0 saturated carbocycles. The standard InChI is InChI=1S/C8H7F6N5O2/c9-7(10,11)3(8(12,13)14)6(20)17-5-2(1-16-18-5)4(15)19-21/h1,3,21H,(H2,15,19)(H2,16,17,18,20). The first-order valence-corrected chi connectivity index (χ1v) is 4.94. The molecular weight excluding hydrogens is 312 g/mol. The van der Waals surface area contributed by atoms with Crippen LogP contribution in [-0.4, -0.2) is 39.5 Å². The Kier molecular flexibility index (Phi) is 4.34. The molecule has 0 bridgehead atoms. The molecular formula is C8H7F6N5O2. The van der Waals surface area contributed by atoms with E-state index in [4.69, 9.17) is 10.9 Å². The molecule has 118 valence electrons. The Morgan fingerprint density at radius 2 is 1.86 bits per heavy atom. The average molecular weight is 319 g/mol. The second kappa shape index (κ2) is 5.49. The van der Waals surface area contributed by atoms with Crippen LogP contribution in [0.5, 0.6) is 0 Å². The molecule has 0 aliphatic rings. The van der Waals surface area contributed by atoms with Gasteiger partial charge in [0.1, 0.15) is 5.82 Å². The summed E-state index contributed by atoms with van der Waals surface area (Å²) in [7, 11) is 0. The van der Waals surface area contributed by atoms with Gasteiger partial charge in [-0.25, -0.2) is 0 Å². The Bertz CT molecular complexity index is 534. The first kappa shape index (κ1) is 16.6. The number of H-pyrrole nitrogens is 1. The lowest BCUT2D eigenvalue weighted by Crippen LogP contribution is -2.45. The highest BCUT2D eigenvalue weighted by atomic mass is 19.4. The smallest absolute Gasteiger partial charge is 0.409 e. The molecule has 0 fully saturated rings. The van der Waals surface area contributed by atoms with Gasteiger partial charge in [-0.15, -0.1) is 0 Å². The minimum absolute atomic E-state index is 0.381. The van der Waals surface area contributed by atoms with Gasteiger partial charge in [0, 0.05) is 0 Å². The van der Waals surface area contributed by atoms with E-state index in [1.165, 1.54) is 5.32 Å². The highest BCUT2D eigenvalue weighted by Gasteiger charge is 2.61. The van der Waals surface area contributed by atoms with E-state index in [0.717, 1.165) is 6.20 Å². The Morgan fingerprint density at radius 1 is 1.33 bits per heavy atom. The quantitative estimate of drug-likeness (QED) is 0.220. The van der Waals surface area contributed by atoms with Gasteiger partial charge in [0.25, 0.3) is 0 Å². The number of hydrogen-bond donors (Lipinski definition) is 4. The van der Waals surface area contributed by atoms with Crippen LogP contribution in [0, 0.1) is 5.92 Å². The number of hydrogen-bond acceptors (Lipinski definition) is 4. The number of amides is 1. The number of nitrogens with one attached hydrogen (secondary N) is 2. The van der Waals surface area contributed by atoms with E-state index in [-0.39, 0.29) is 5.56 Å². The molecule has 1 aromatic heterocycles. The van der Waals surface area contributed by atoms with Crippen LogP contribution in [-0.2, 0) is 4.79 Å². The number of halogens is 6. The van der Waals surface area contributed by atoms with Crippen molar-refractivity contribution in [3.63, 3.8) is 0 Å². The second-order valence-corrected chi connectivity index (χ2v) is 3.65. The van der Waals surface area contributed by atoms with Gasteiger partial charge in [-0.3, -0.25) is 9.89 Å². The maximum absolute atomic E-state index is 12.3. The predicted molar refractivity (Wildman–Crippen MR) is 55.3 cm³/mol. The van der Waals surface area contributed by atoms with E-state index in [9.17, 15) is 31.1 Å². The van der Waals surface area contributed by atoms with Gasteiger partial charge >= 0.3 is 12.4 Å². The fraction of sp³-hybridized carbons (Fsp3) is 0.375. The summed E-state index contributed by atoms with van der Waals surface area (Å²) in [6.07, 6.45) is -10.8. The molecule has 1 heterocycles. The maximum Gasteiger partial charge on any atom is 0.409 e. The van der Waals surface area contributed by atoms with Crippen molar-refractivity contribution in [1.82, 2.24) is 10.2 Å². The minimum atomic E-state index is -5.83. The largest absolute Gasteiger partial charge is 0.409 e. The van der Waals surface area contributed by atoms with Crippen LogP contribution in [0.1, 0.15) is 5.56 Å². The summed E-state index contributed by atoms with van der Waals surface area (Å²) in [5.74, 6) is -7.96. The zero-order chi connectivity index (χ0) is 16.4. The van der Waals surface area contributed by atoms with E-state index in [0.29, 0.717) is 0 Å². The fourth-order valence-electron chi connectivity index (χ4n) is 1.31. The van der Waals surface area contributed by atoms with Crippen molar-refractivity contribution in [3.05, 3.63) is 11.8 Å². The summed E-state index contributed by atoms with van der Waals surface area (Å²) in [5.41, 5.74) is 4.73. The number of rotatable bonds is 3. The van der Waals surface area contributed by atoms with Crippen LogP contribution in [0.15, 0.2) is 11.4 Å². The predicted octanol–water partition coefficient (Wildman–Crippen LogP) is 1.18. The van der Waals surface area contributed by atoms with Crippen molar-refractivity contribution in [2.45, 2.75) is 12.4 Å². The van der Waals surface area contributed by atoms with E-state index < -0.39 is 35.8 Å². The molecule has 1 aromatic rings. The second-order valence-electron chi connectivity index (χ2n) is 3.65. The lowest BCUT2D eigenvalue weighted by molar-refractivity contribution is -0.272. The fourth-order valence-corrected chi connectivity index (χ4v) is 1.31. The molecule has 0 spiro atoms. The topological polar surface area (TPSA) is 116 Å². The summed E-state index contributed by atoms with van der Waals surface area (Å²) in [5, 5.41) is 17.4. The molecule has 0 aromatic carbocycles. The summed E-state index contributed by atoms with van der Waals surface area (Å²) >= 11 is 0. The molecule has 0 saturated heterocycles.